The lowest BCUT2D eigenvalue weighted by Gasteiger charge is -2.09. The van der Waals surface area contributed by atoms with Gasteiger partial charge in [-0.05, 0) is 64.5 Å². The number of furan rings is 2. The third kappa shape index (κ3) is 6.77. The summed E-state index contributed by atoms with van der Waals surface area (Å²) in [6.07, 6.45) is 1.10. The second-order valence-corrected chi connectivity index (χ2v) is 16.2. The lowest BCUT2D eigenvalue weighted by molar-refractivity contribution is 0.651. The molecule has 0 aliphatic heterocycles. The van der Waals surface area contributed by atoms with E-state index in [0.29, 0.717) is 17.4 Å². The molecule has 8 heteroatoms. The summed E-state index contributed by atoms with van der Waals surface area (Å²) in [6.45, 7) is 0. The smallest absolute Gasteiger partial charge is 0.238 e. The Morgan fingerprint density at radius 2 is 0.800 bits per heavy atom. The van der Waals surface area contributed by atoms with E-state index in [4.69, 9.17) is 30.4 Å². The monoisotopic (exact) mass is 857 g/mol. The molecular formula is C57H36ClN5O2. The first kappa shape index (κ1) is 38.3. The fourth-order valence-electron chi connectivity index (χ4n) is 9.14. The second kappa shape index (κ2) is 16.1. The van der Waals surface area contributed by atoms with Crippen molar-refractivity contribution in [2.24, 2.45) is 0 Å². The minimum atomic E-state index is 0.190. The third-order valence-corrected chi connectivity index (χ3v) is 12.2. The van der Waals surface area contributed by atoms with Gasteiger partial charge in [-0.25, -0.2) is 9.97 Å². The molecular weight excluding hydrogens is 822 g/mol. The Hall–Kier alpha value is -8.39. The normalized spacial score (nSPS) is 11.7. The van der Waals surface area contributed by atoms with Crippen LogP contribution in [-0.2, 0) is 6.42 Å². The Bertz CT molecular complexity index is 3800. The van der Waals surface area contributed by atoms with Gasteiger partial charge < -0.3 is 8.83 Å². The first-order valence-electron chi connectivity index (χ1n) is 21.5. The van der Waals surface area contributed by atoms with E-state index < -0.39 is 0 Å². The number of halogens is 1. The second-order valence-electron chi connectivity index (χ2n) is 15.9. The van der Waals surface area contributed by atoms with Gasteiger partial charge in [0, 0.05) is 32.7 Å². The SMILES string of the molecule is Clc1nc(-c2ccccc2)c2c(n1)oc1ccccc12.c1ccc(-c2nc(-n3c4ccccc4c4ccccc43)nc3oc4ccccc4c23)cc1.c1ccc2c(c1)Cc1ccccc1-2. The van der Waals surface area contributed by atoms with Gasteiger partial charge in [-0.2, -0.15) is 9.97 Å². The lowest BCUT2D eigenvalue weighted by Crippen LogP contribution is -2.02. The first-order valence-corrected chi connectivity index (χ1v) is 21.8. The van der Waals surface area contributed by atoms with Crippen LogP contribution in [0.25, 0.3) is 106 Å². The Kier molecular flexibility index (Phi) is 9.46. The topological polar surface area (TPSA) is 82.8 Å². The summed E-state index contributed by atoms with van der Waals surface area (Å²) in [5.41, 5.74) is 14.3. The maximum atomic E-state index is 6.21. The fraction of sp³-hybridized carbons (Fsp3) is 0.0175. The van der Waals surface area contributed by atoms with Crippen LogP contribution in [0.5, 0.6) is 0 Å². The molecule has 0 atom stereocenters. The quantitative estimate of drug-likeness (QED) is 0.165. The molecule has 0 unspecified atom stereocenters. The molecule has 0 fully saturated rings. The van der Waals surface area contributed by atoms with Gasteiger partial charge in [0.25, 0.3) is 0 Å². The average Bonchev–Trinajstić information content (AvgIpc) is 4.13. The Balaban J connectivity index is 0.000000114. The number of nitrogens with zero attached hydrogens (tertiary/aromatic N) is 5. The third-order valence-electron chi connectivity index (χ3n) is 12.0. The minimum Gasteiger partial charge on any atom is -0.438 e. The van der Waals surface area contributed by atoms with Gasteiger partial charge in [-0.15, -0.1) is 0 Å². The predicted molar refractivity (Wildman–Crippen MR) is 264 cm³/mol. The summed E-state index contributed by atoms with van der Waals surface area (Å²) >= 11 is 6.02. The zero-order chi connectivity index (χ0) is 43.3. The average molecular weight is 858 g/mol. The van der Waals surface area contributed by atoms with E-state index in [2.05, 4.69) is 130 Å². The van der Waals surface area contributed by atoms with Crippen molar-refractivity contribution >= 4 is 77.5 Å². The van der Waals surface area contributed by atoms with Crippen LogP contribution in [-0.4, -0.2) is 24.5 Å². The summed E-state index contributed by atoms with van der Waals surface area (Å²) in [5.74, 6) is 0.604. The number of aromatic nitrogens is 5. The van der Waals surface area contributed by atoms with Gasteiger partial charge in [0.05, 0.1) is 33.2 Å². The molecule has 65 heavy (non-hydrogen) atoms. The summed E-state index contributed by atoms with van der Waals surface area (Å²) < 4.78 is 14.1. The molecule has 5 heterocycles. The highest BCUT2D eigenvalue weighted by Crippen LogP contribution is 2.39. The number of fused-ring (bicyclic) bond motifs is 12. The van der Waals surface area contributed by atoms with E-state index in [1.54, 1.807) is 0 Å². The van der Waals surface area contributed by atoms with Crippen LogP contribution in [0.2, 0.25) is 5.28 Å². The van der Waals surface area contributed by atoms with E-state index in [-0.39, 0.29) is 5.28 Å². The zero-order valence-electron chi connectivity index (χ0n) is 34.8. The highest BCUT2D eigenvalue weighted by molar-refractivity contribution is 6.29. The van der Waals surface area contributed by atoms with Crippen LogP contribution in [0, 0.1) is 0 Å². The van der Waals surface area contributed by atoms with Gasteiger partial charge in [0.1, 0.15) is 11.2 Å². The molecule has 0 amide bonds. The lowest BCUT2D eigenvalue weighted by atomic mass is 10.1. The van der Waals surface area contributed by atoms with Crippen LogP contribution in [0.1, 0.15) is 11.1 Å². The van der Waals surface area contributed by atoms with E-state index >= 15 is 0 Å². The number of hydrogen-bond acceptors (Lipinski definition) is 6. The van der Waals surface area contributed by atoms with Crippen molar-refractivity contribution in [3.63, 3.8) is 0 Å². The zero-order valence-corrected chi connectivity index (χ0v) is 35.5. The summed E-state index contributed by atoms with van der Waals surface area (Å²) in [4.78, 5) is 18.6. The molecule has 0 saturated carbocycles. The van der Waals surface area contributed by atoms with Gasteiger partial charge in [0.15, 0.2) is 0 Å². The largest absolute Gasteiger partial charge is 0.438 e. The minimum absolute atomic E-state index is 0.190. The summed E-state index contributed by atoms with van der Waals surface area (Å²) in [7, 11) is 0. The van der Waals surface area contributed by atoms with E-state index in [1.807, 2.05) is 91.0 Å². The van der Waals surface area contributed by atoms with Crippen LogP contribution in [0.3, 0.4) is 0 Å². The van der Waals surface area contributed by atoms with Gasteiger partial charge in [0.2, 0.25) is 22.7 Å². The molecule has 1 aliphatic carbocycles. The summed E-state index contributed by atoms with van der Waals surface area (Å²) in [6, 6.07) is 70.1. The summed E-state index contributed by atoms with van der Waals surface area (Å²) in [5, 5.41) is 6.41. The Morgan fingerprint density at radius 1 is 0.385 bits per heavy atom. The fourth-order valence-corrected chi connectivity index (χ4v) is 9.30. The van der Waals surface area contributed by atoms with Crippen molar-refractivity contribution in [2.75, 3.05) is 0 Å². The molecule has 0 N–H and O–H groups in total. The standard InChI is InChI=1S/C28H17N3O.C16H9ClN2O.C13H10/c1-2-10-18(11-3-1)26-25-21-14-6-9-17-24(21)32-27(25)30-28(29-26)31-22-15-7-4-12-19(22)20-13-5-8-16-23(20)31;17-16-18-14(10-6-2-1-3-7-10)13-11-8-4-5-9-12(11)20-15(13)19-16;1-3-7-12-10(5-1)9-11-6-2-4-8-13(11)12/h1-17H;1-9H;1-8H,9H2. The first-order chi connectivity index (χ1) is 32.2. The Labute approximate surface area is 377 Å². The van der Waals surface area contributed by atoms with Crippen molar-refractivity contribution in [2.45, 2.75) is 6.42 Å². The van der Waals surface area contributed by atoms with Crippen molar-refractivity contribution in [1.82, 2.24) is 24.5 Å². The van der Waals surface area contributed by atoms with Crippen LogP contribution < -0.4 is 0 Å². The van der Waals surface area contributed by atoms with Gasteiger partial charge in [-0.3, -0.25) is 4.57 Å². The molecule has 0 spiro atoms. The molecule has 308 valence electrons. The van der Waals surface area contributed by atoms with Gasteiger partial charge in [-0.1, -0.05) is 182 Å². The molecule has 1 aliphatic rings. The van der Waals surface area contributed by atoms with Crippen molar-refractivity contribution in [1.29, 1.82) is 0 Å². The number of benzene rings is 8. The highest BCUT2D eigenvalue weighted by Gasteiger charge is 2.21. The maximum Gasteiger partial charge on any atom is 0.238 e. The molecule has 13 aromatic rings. The van der Waals surface area contributed by atoms with Gasteiger partial charge >= 0.3 is 0 Å². The highest BCUT2D eigenvalue weighted by atomic mass is 35.5. The molecule has 14 rings (SSSR count). The number of rotatable bonds is 3. The van der Waals surface area contributed by atoms with Crippen molar-refractivity contribution in [3.05, 3.63) is 223 Å². The van der Waals surface area contributed by atoms with E-state index in [0.717, 1.165) is 72.7 Å². The van der Waals surface area contributed by atoms with Crippen LogP contribution in [0.15, 0.2) is 215 Å². The number of hydrogen-bond donors (Lipinski definition) is 0. The predicted octanol–water partition coefficient (Wildman–Crippen LogP) is 15.1. The Morgan fingerprint density at radius 3 is 1.34 bits per heavy atom. The van der Waals surface area contributed by atoms with E-state index in [1.165, 1.54) is 33.0 Å². The van der Waals surface area contributed by atoms with Crippen LogP contribution >= 0.6 is 11.6 Å². The maximum absolute atomic E-state index is 6.21. The number of para-hydroxylation sites is 4. The van der Waals surface area contributed by atoms with Crippen molar-refractivity contribution in [3.8, 4) is 39.6 Å². The molecule has 7 nitrogen and oxygen atoms in total. The van der Waals surface area contributed by atoms with Crippen molar-refractivity contribution < 1.29 is 8.83 Å². The molecule has 0 radical (unpaired) electrons. The van der Waals surface area contributed by atoms with E-state index in [9.17, 15) is 0 Å². The molecule has 8 aromatic carbocycles. The van der Waals surface area contributed by atoms with Crippen LogP contribution in [0.4, 0.5) is 0 Å². The molecule has 0 bridgehead atoms. The molecule has 0 saturated heterocycles. The molecule has 5 aromatic heterocycles.